The van der Waals surface area contributed by atoms with Crippen LogP contribution in [0.1, 0.15) is 53.2 Å². The van der Waals surface area contributed by atoms with E-state index in [0.717, 1.165) is 12.4 Å². The fraction of sp³-hybridized carbons (Fsp3) is 0.667. The van der Waals surface area contributed by atoms with Gasteiger partial charge in [-0.25, -0.2) is 14.8 Å². The number of ether oxygens (including phenoxy) is 1. The van der Waals surface area contributed by atoms with Crippen molar-refractivity contribution in [2.45, 2.75) is 70.8 Å². The van der Waals surface area contributed by atoms with Gasteiger partial charge >= 0.3 is 12.1 Å². The number of piperazine rings is 1. The van der Waals surface area contributed by atoms with Gasteiger partial charge < -0.3 is 14.5 Å². The molecule has 1 amide bonds. The molecule has 1 atom stereocenters. The van der Waals surface area contributed by atoms with Gasteiger partial charge in [0.15, 0.2) is 0 Å². The zero-order valence-electron chi connectivity index (χ0n) is 20.8. The quantitative estimate of drug-likeness (QED) is 0.584. The molecular weight excluding hydrogens is 463 g/mol. The molecule has 0 radical (unpaired) electrons. The molecule has 4 heterocycles. The van der Waals surface area contributed by atoms with Crippen molar-refractivity contribution in [3.8, 4) is 0 Å². The van der Waals surface area contributed by atoms with E-state index in [-0.39, 0.29) is 23.3 Å². The highest BCUT2D eigenvalue weighted by atomic mass is 19.4. The molecule has 3 aliphatic heterocycles. The van der Waals surface area contributed by atoms with E-state index in [2.05, 4.69) is 35.6 Å². The van der Waals surface area contributed by atoms with Gasteiger partial charge in [-0.2, -0.15) is 13.2 Å². The van der Waals surface area contributed by atoms with E-state index < -0.39 is 23.4 Å². The van der Waals surface area contributed by atoms with Crippen molar-refractivity contribution in [2.75, 3.05) is 37.6 Å². The molecule has 1 spiro atoms. The Morgan fingerprint density at radius 3 is 2.34 bits per heavy atom. The van der Waals surface area contributed by atoms with E-state index in [9.17, 15) is 22.8 Å². The molecule has 11 heteroatoms. The summed E-state index contributed by atoms with van der Waals surface area (Å²) in [4.78, 5) is 39.4. The number of likely N-dealkylation sites (tertiary alicyclic amines) is 1. The molecule has 192 valence electrons. The number of anilines is 1. The van der Waals surface area contributed by atoms with Gasteiger partial charge in [-0.3, -0.25) is 9.69 Å². The number of aromatic nitrogens is 2. The minimum atomic E-state index is -4.56. The van der Waals surface area contributed by atoms with Gasteiger partial charge in [0.25, 0.3) is 5.91 Å². The standard InChI is InChI=1S/C24H32F3N5O3/c1-15-13-30(18-12-17(24(25,26)27)28-14-29-18)10-11-32(15)20(33)19-16(2)21(34)35-23(19)6-8-31(9-7-23)22(3,4)5/h12,14-15H,6-11,13H2,1-5H3. The summed E-state index contributed by atoms with van der Waals surface area (Å²) in [6.45, 7) is 12.2. The fourth-order valence-electron chi connectivity index (χ4n) is 5.28. The molecule has 8 nitrogen and oxygen atoms in total. The fourth-order valence-corrected chi connectivity index (χ4v) is 5.28. The Hall–Kier alpha value is -2.69. The molecule has 0 aromatic carbocycles. The monoisotopic (exact) mass is 495 g/mol. The summed E-state index contributed by atoms with van der Waals surface area (Å²) in [6.07, 6.45) is -2.56. The maximum Gasteiger partial charge on any atom is 0.433 e. The molecule has 2 fully saturated rings. The summed E-state index contributed by atoms with van der Waals surface area (Å²) >= 11 is 0. The predicted molar refractivity (Wildman–Crippen MR) is 123 cm³/mol. The number of carbonyl (C=O) groups is 2. The zero-order chi connectivity index (χ0) is 25.8. The van der Waals surface area contributed by atoms with E-state index in [1.165, 1.54) is 0 Å². The first-order valence-electron chi connectivity index (χ1n) is 11.9. The molecular formula is C24H32F3N5O3. The van der Waals surface area contributed by atoms with Gasteiger partial charge in [-0.15, -0.1) is 0 Å². The number of rotatable bonds is 2. The summed E-state index contributed by atoms with van der Waals surface area (Å²) in [5.41, 5.74) is -1.17. The maximum atomic E-state index is 13.8. The number of alkyl halides is 3. The first-order valence-corrected chi connectivity index (χ1v) is 11.9. The molecule has 3 aliphatic rings. The molecule has 0 saturated carbocycles. The van der Waals surface area contributed by atoms with Gasteiger partial charge in [0.05, 0.1) is 5.57 Å². The summed E-state index contributed by atoms with van der Waals surface area (Å²) in [5, 5.41) is 0. The molecule has 0 aliphatic carbocycles. The average Bonchev–Trinajstić information content (AvgIpc) is 3.01. The molecule has 1 aromatic rings. The number of esters is 1. The second-order valence-electron chi connectivity index (χ2n) is 10.6. The third kappa shape index (κ3) is 4.74. The van der Waals surface area contributed by atoms with Crippen molar-refractivity contribution in [3.05, 3.63) is 29.2 Å². The highest BCUT2D eigenvalue weighted by Crippen LogP contribution is 2.43. The van der Waals surface area contributed by atoms with Crippen LogP contribution in [0.25, 0.3) is 0 Å². The lowest BCUT2D eigenvalue weighted by atomic mass is 9.81. The first-order chi connectivity index (χ1) is 16.2. The Morgan fingerprint density at radius 1 is 1.11 bits per heavy atom. The maximum absolute atomic E-state index is 13.8. The number of hydrogen-bond donors (Lipinski definition) is 0. The first kappa shape index (κ1) is 25.4. The Balaban J connectivity index is 1.51. The van der Waals surface area contributed by atoms with Crippen molar-refractivity contribution in [1.82, 2.24) is 19.8 Å². The normalized spacial score (nSPS) is 23.8. The van der Waals surface area contributed by atoms with Crippen LogP contribution in [0.2, 0.25) is 0 Å². The van der Waals surface area contributed by atoms with E-state index in [0.29, 0.717) is 56.7 Å². The minimum absolute atomic E-state index is 0.0228. The van der Waals surface area contributed by atoms with E-state index in [1.54, 1.807) is 16.7 Å². The average molecular weight is 496 g/mol. The van der Waals surface area contributed by atoms with Gasteiger partial charge in [0.2, 0.25) is 0 Å². The van der Waals surface area contributed by atoms with Crippen LogP contribution < -0.4 is 4.90 Å². The Morgan fingerprint density at radius 2 is 1.77 bits per heavy atom. The van der Waals surface area contributed by atoms with Crippen molar-refractivity contribution >= 4 is 17.7 Å². The van der Waals surface area contributed by atoms with Crippen LogP contribution in [0.3, 0.4) is 0 Å². The smallest absolute Gasteiger partial charge is 0.433 e. The predicted octanol–water partition coefficient (Wildman–Crippen LogP) is 3.04. The lowest BCUT2D eigenvalue weighted by Crippen LogP contribution is -2.58. The molecule has 2 saturated heterocycles. The van der Waals surface area contributed by atoms with Crippen LogP contribution in [0.15, 0.2) is 23.5 Å². The Bertz CT molecular complexity index is 1040. The second-order valence-corrected chi connectivity index (χ2v) is 10.6. The summed E-state index contributed by atoms with van der Waals surface area (Å²) in [6, 6.07) is 0.626. The summed E-state index contributed by atoms with van der Waals surface area (Å²) < 4.78 is 45.1. The molecule has 0 N–H and O–H groups in total. The number of halogens is 3. The summed E-state index contributed by atoms with van der Waals surface area (Å²) in [7, 11) is 0. The van der Waals surface area contributed by atoms with Crippen LogP contribution in [-0.4, -0.2) is 81.5 Å². The van der Waals surface area contributed by atoms with Gasteiger partial charge in [-0.05, 0) is 34.6 Å². The largest absolute Gasteiger partial charge is 0.450 e. The Labute approximate surface area is 203 Å². The number of hydrogen-bond acceptors (Lipinski definition) is 7. The highest BCUT2D eigenvalue weighted by molar-refractivity contribution is 6.07. The van der Waals surface area contributed by atoms with Crippen LogP contribution in [0.4, 0.5) is 19.0 Å². The third-order valence-electron chi connectivity index (χ3n) is 7.31. The minimum Gasteiger partial charge on any atom is -0.450 e. The van der Waals surface area contributed by atoms with Gasteiger partial charge in [0, 0.05) is 68.8 Å². The Kier molecular flexibility index (Phi) is 6.36. The van der Waals surface area contributed by atoms with Crippen molar-refractivity contribution in [2.24, 2.45) is 0 Å². The van der Waals surface area contributed by atoms with Crippen molar-refractivity contribution in [1.29, 1.82) is 0 Å². The number of nitrogens with zero attached hydrogens (tertiary/aromatic N) is 5. The highest BCUT2D eigenvalue weighted by Gasteiger charge is 2.53. The van der Waals surface area contributed by atoms with Gasteiger partial charge in [0.1, 0.15) is 23.4 Å². The van der Waals surface area contributed by atoms with Crippen LogP contribution in [-0.2, 0) is 20.5 Å². The third-order valence-corrected chi connectivity index (χ3v) is 7.31. The summed E-state index contributed by atoms with van der Waals surface area (Å²) in [5.74, 6) is -0.514. The number of carbonyl (C=O) groups excluding carboxylic acids is 2. The van der Waals surface area contributed by atoms with Crippen LogP contribution >= 0.6 is 0 Å². The molecule has 0 bridgehead atoms. The van der Waals surface area contributed by atoms with Crippen molar-refractivity contribution < 1.29 is 27.5 Å². The lowest BCUT2D eigenvalue weighted by molar-refractivity contribution is -0.152. The van der Waals surface area contributed by atoms with Crippen molar-refractivity contribution in [3.63, 3.8) is 0 Å². The molecule has 1 unspecified atom stereocenters. The molecule has 35 heavy (non-hydrogen) atoms. The van der Waals surface area contributed by atoms with E-state index >= 15 is 0 Å². The number of piperidine rings is 1. The van der Waals surface area contributed by atoms with Crippen LogP contribution in [0.5, 0.6) is 0 Å². The second kappa shape index (κ2) is 8.76. The number of amides is 1. The van der Waals surface area contributed by atoms with E-state index in [1.807, 2.05) is 6.92 Å². The lowest BCUT2D eigenvalue weighted by Gasteiger charge is -2.46. The molecule has 4 rings (SSSR count). The zero-order valence-corrected chi connectivity index (χ0v) is 20.8. The van der Waals surface area contributed by atoms with Gasteiger partial charge in [-0.1, -0.05) is 0 Å². The SMILES string of the molecule is CC1=C(C(=O)N2CCN(c3cc(C(F)(F)F)ncn3)CC2C)C2(CCN(C(C)(C)C)CC2)OC1=O. The topological polar surface area (TPSA) is 78.9 Å². The van der Waals surface area contributed by atoms with E-state index in [4.69, 9.17) is 4.74 Å². The molecule has 1 aromatic heterocycles. The van der Waals surface area contributed by atoms with Crippen LogP contribution in [0, 0.1) is 0 Å².